The van der Waals surface area contributed by atoms with Crippen LogP contribution in [-0.4, -0.2) is 16.0 Å². The zero-order chi connectivity index (χ0) is 22.5. The summed E-state index contributed by atoms with van der Waals surface area (Å²) in [6.07, 6.45) is 1.67. The molecule has 0 radical (unpaired) electrons. The number of nitrogens with zero attached hydrogens (tertiary/aromatic N) is 1. The van der Waals surface area contributed by atoms with Crippen molar-refractivity contribution in [1.29, 1.82) is 0 Å². The first kappa shape index (κ1) is 21.4. The van der Waals surface area contributed by atoms with Crippen LogP contribution in [0.1, 0.15) is 28.9 Å². The lowest BCUT2D eigenvalue weighted by molar-refractivity contribution is 0.102. The lowest BCUT2D eigenvalue weighted by Crippen LogP contribution is -2.30. The molecule has 0 fully saturated rings. The van der Waals surface area contributed by atoms with Crippen LogP contribution in [0.5, 0.6) is 0 Å². The summed E-state index contributed by atoms with van der Waals surface area (Å²) in [4.78, 5) is 17.1. The van der Waals surface area contributed by atoms with Crippen LogP contribution in [0.25, 0.3) is 10.9 Å². The van der Waals surface area contributed by atoms with Crippen LogP contribution in [0, 0.1) is 5.82 Å². The van der Waals surface area contributed by atoms with Gasteiger partial charge < -0.3 is 16.0 Å². The summed E-state index contributed by atoms with van der Waals surface area (Å²) in [5.41, 5.74) is 3.55. The average molecular weight is 445 g/mol. The maximum atomic E-state index is 13.1. The fourth-order valence-electron chi connectivity index (χ4n) is 3.32. The van der Waals surface area contributed by atoms with Gasteiger partial charge in [0.25, 0.3) is 5.91 Å². The molecule has 0 saturated heterocycles. The van der Waals surface area contributed by atoms with E-state index in [1.54, 1.807) is 36.5 Å². The highest BCUT2D eigenvalue weighted by Gasteiger charge is 2.11. The molecule has 0 aliphatic carbocycles. The minimum Gasteiger partial charge on any atom is -0.356 e. The Kier molecular flexibility index (Phi) is 6.37. The predicted octanol–water partition coefficient (Wildman–Crippen LogP) is 5.67. The Morgan fingerprint density at radius 2 is 1.56 bits per heavy atom. The van der Waals surface area contributed by atoms with Crippen LogP contribution in [0.3, 0.4) is 0 Å². The number of thiocarbonyl (C=S) groups is 1. The zero-order valence-electron chi connectivity index (χ0n) is 17.3. The van der Waals surface area contributed by atoms with Crippen molar-refractivity contribution in [3.05, 3.63) is 102 Å². The molecule has 5 nitrogen and oxygen atoms in total. The summed E-state index contributed by atoms with van der Waals surface area (Å²) in [5.74, 6) is -0.495. The first-order chi connectivity index (χ1) is 15.5. The predicted molar refractivity (Wildman–Crippen MR) is 130 cm³/mol. The standard InChI is InChI=1S/C25H21FN4OS/c1-16(17-7-9-19(26)10-8-17)28-25(32)30-21-13-11-20(12-14-21)29-24(31)22-6-2-4-18-5-3-15-27-23(18)22/h2-16H,1H3,(H,29,31)(H2,28,30,32). The number of hydrogen-bond acceptors (Lipinski definition) is 3. The molecule has 0 bridgehead atoms. The molecule has 3 N–H and O–H groups in total. The second-order valence-corrected chi connectivity index (χ2v) is 7.69. The number of amides is 1. The summed E-state index contributed by atoms with van der Waals surface area (Å²) >= 11 is 5.38. The van der Waals surface area contributed by atoms with Gasteiger partial charge >= 0.3 is 0 Å². The summed E-state index contributed by atoms with van der Waals surface area (Å²) < 4.78 is 13.1. The van der Waals surface area contributed by atoms with Crippen LogP contribution in [-0.2, 0) is 0 Å². The second-order valence-electron chi connectivity index (χ2n) is 7.28. The zero-order valence-corrected chi connectivity index (χ0v) is 18.1. The molecule has 3 aromatic carbocycles. The van der Waals surface area contributed by atoms with E-state index in [0.717, 1.165) is 16.6 Å². The van der Waals surface area contributed by atoms with Gasteiger partial charge in [-0.25, -0.2) is 4.39 Å². The maximum absolute atomic E-state index is 13.1. The van der Waals surface area contributed by atoms with Crippen molar-refractivity contribution in [2.75, 3.05) is 10.6 Å². The van der Waals surface area contributed by atoms with E-state index in [1.165, 1.54) is 12.1 Å². The van der Waals surface area contributed by atoms with Gasteiger partial charge in [-0.15, -0.1) is 0 Å². The molecule has 1 amide bonds. The fraction of sp³-hybridized carbons (Fsp3) is 0.0800. The summed E-state index contributed by atoms with van der Waals surface area (Å²) in [6, 6.07) is 22.7. The third kappa shape index (κ3) is 5.07. The molecule has 4 rings (SSSR count). The number of nitrogens with one attached hydrogen (secondary N) is 3. The lowest BCUT2D eigenvalue weighted by atomic mass is 10.1. The number of anilines is 2. The van der Waals surface area contributed by atoms with Gasteiger partial charge in [-0.2, -0.15) is 0 Å². The van der Waals surface area contributed by atoms with E-state index in [1.807, 2.05) is 43.3 Å². The highest BCUT2D eigenvalue weighted by molar-refractivity contribution is 7.80. The molecule has 4 aromatic rings. The van der Waals surface area contributed by atoms with Crippen molar-refractivity contribution in [3.8, 4) is 0 Å². The van der Waals surface area contributed by atoms with E-state index in [-0.39, 0.29) is 17.8 Å². The van der Waals surface area contributed by atoms with Gasteiger partial charge in [0.15, 0.2) is 5.11 Å². The van der Waals surface area contributed by atoms with Gasteiger partial charge in [-0.3, -0.25) is 9.78 Å². The Hall–Kier alpha value is -3.84. The van der Waals surface area contributed by atoms with Crippen molar-refractivity contribution in [1.82, 2.24) is 10.3 Å². The Bertz CT molecular complexity index is 1250. The molecular weight excluding hydrogens is 423 g/mol. The third-order valence-corrected chi connectivity index (χ3v) is 5.22. The highest BCUT2D eigenvalue weighted by atomic mass is 32.1. The molecule has 1 unspecified atom stereocenters. The molecule has 32 heavy (non-hydrogen) atoms. The summed E-state index contributed by atoms with van der Waals surface area (Å²) in [6.45, 7) is 1.95. The van der Waals surface area contributed by atoms with Gasteiger partial charge in [-0.1, -0.05) is 30.3 Å². The number of hydrogen-bond donors (Lipinski definition) is 3. The van der Waals surface area contributed by atoms with E-state index < -0.39 is 0 Å². The molecule has 0 spiro atoms. The van der Waals surface area contributed by atoms with Crippen molar-refractivity contribution in [2.24, 2.45) is 0 Å². The molecule has 1 heterocycles. The molecule has 0 saturated carbocycles. The van der Waals surface area contributed by atoms with Crippen LogP contribution in [0.2, 0.25) is 0 Å². The minimum absolute atomic E-state index is 0.0801. The number of aromatic nitrogens is 1. The number of carbonyl (C=O) groups is 1. The fourth-order valence-corrected chi connectivity index (χ4v) is 3.62. The minimum atomic E-state index is -0.273. The molecule has 1 atom stereocenters. The van der Waals surface area contributed by atoms with Gasteiger partial charge in [0.1, 0.15) is 5.82 Å². The van der Waals surface area contributed by atoms with Gasteiger partial charge in [0, 0.05) is 23.0 Å². The van der Waals surface area contributed by atoms with Crippen LogP contribution in [0.4, 0.5) is 15.8 Å². The quantitative estimate of drug-likeness (QED) is 0.346. The van der Waals surface area contributed by atoms with Gasteiger partial charge in [0.05, 0.1) is 17.1 Å². The third-order valence-electron chi connectivity index (χ3n) is 5.00. The number of pyridine rings is 1. The Morgan fingerprint density at radius 1 is 0.906 bits per heavy atom. The normalized spacial score (nSPS) is 11.6. The van der Waals surface area contributed by atoms with Crippen LogP contribution < -0.4 is 16.0 Å². The van der Waals surface area contributed by atoms with Crippen LogP contribution in [0.15, 0.2) is 85.1 Å². The Morgan fingerprint density at radius 3 is 2.28 bits per heavy atom. The Labute approximate surface area is 190 Å². The summed E-state index contributed by atoms with van der Waals surface area (Å²) in [7, 11) is 0. The van der Waals surface area contributed by atoms with E-state index in [9.17, 15) is 9.18 Å². The van der Waals surface area contributed by atoms with Crippen LogP contribution >= 0.6 is 12.2 Å². The molecule has 0 aliphatic rings. The van der Waals surface area contributed by atoms with Crippen molar-refractivity contribution < 1.29 is 9.18 Å². The maximum Gasteiger partial charge on any atom is 0.257 e. The number of carbonyl (C=O) groups excluding carboxylic acids is 1. The van der Waals surface area contributed by atoms with Crippen molar-refractivity contribution in [3.63, 3.8) is 0 Å². The van der Waals surface area contributed by atoms with E-state index >= 15 is 0 Å². The SMILES string of the molecule is CC(NC(=S)Nc1ccc(NC(=O)c2cccc3cccnc23)cc1)c1ccc(F)cc1. The molecule has 160 valence electrons. The first-order valence-corrected chi connectivity index (χ1v) is 10.5. The van der Waals surface area contributed by atoms with Crippen molar-refractivity contribution >= 4 is 45.5 Å². The summed E-state index contributed by atoms with van der Waals surface area (Å²) in [5, 5.41) is 10.5. The van der Waals surface area contributed by atoms with Crippen molar-refractivity contribution in [2.45, 2.75) is 13.0 Å². The number of rotatable bonds is 5. The molecule has 7 heteroatoms. The van der Waals surface area contributed by atoms with E-state index in [2.05, 4.69) is 20.9 Å². The first-order valence-electron chi connectivity index (χ1n) is 10.1. The number of halogens is 1. The number of para-hydroxylation sites is 1. The molecule has 1 aromatic heterocycles. The number of benzene rings is 3. The highest BCUT2D eigenvalue weighted by Crippen LogP contribution is 2.19. The Balaban J connectivity index is 1.37. The van der Waals surface area contributed by atoms with Gasteiger partial charge in [-0.05, 0) is 73.2 Å². The second kappa shape index (κ2) is 9.53. The lowest BCUT2D eigenvalue weighted by Gasteiger charge is -2.17. The number of fused-ring (bicyclic) bond motifs is 1. The average Bonchev–Trinajstić information content (AvgIpc) is 2.80. The monoisotopic (exact) mass is 444 g/mol. The van der Waals surface area contributed by atoms with E-state index in [0.29, 0.717) is 21.9 Å². The topological polar surface area (TPSA) is 66.0 Å². The van der Waals surface area contributed by atoms with E-state index in [4.69, 9.17) is 12.2 Å². The molecular formula is C25H21FN4OS. The van der Waals surface area contributed by atoms with Gasteiger partial charge in [0.2, 0.25) is 0 Å². The molecule has 0 aliphatic heterocycles. The smallest absolute Gasteiger partial charge is 0.257 e. The largest absolute Gasteiger partial charge is 0.356 e.